The number of hydrogen-bond acceptors (Lipinski definition) is 7. The van der Waals surface area contributed by atoms with E-state index in [2.05, 4.69) is 0 Å². The third-order valence-corrected chi connectivity index (χ3v) is 2.70. The zero-order valence-electron chi connectivity index (χ0n) is 9.90. The lowest BCUT2D eigenvalue weighted by Crippen LogP contribution is -2.02. The predicted molar refractivity (Wildman–Crippen MR) is 66.3 cm³/mol. The van der Waals surface area contributed by atoms with E-state index in [0.717, 1.165) is 18.2 Å². The number of benzene rings is 2. The summed E-state index contributed by atoms with van der Waals surface area (Å²) in [5.41, 5.74) is -0.886. The molecule has 0 radical (unpaired) electrons. The van der Waals surface area contributed by atoms with Crippen LogP contribution >= 0.6 is 0 Å². The van der Waals surface area contributed by atoms with E-state index in [9.17, 15) is 30.3 Å². The van der Waals surface area contributed by atoms with Gasteiger partial charge in [0.15, 0.2) is 34.5 Å². The quantitative estimate of drug-likeness (QED) is 0.275. The Kier molecular flexibility index (Phi) is 3.03. The molecule has 6 N–H and O–H groups in total. The SMILES string of the molecule is O=C(c1ccc(O)c(O)c1)c1c(O)c(O)cc(O)c1O. The number of ketones is 1. The van der Waals surface area contributed by atoms with Gasteiger partial charge in [0.2, 0.25) is 5.78 Å². The van der Waals surface area contributed by atoms with Crippen molar-refractivity contribution < 1.29 is 35.4 Å². The number of phenolic OH excluding ortho intramolecular Hbond substituents is 6. The third kappa shape index (κ3) is 2.01. The lowest BCUT2D eigenvalue weighted by molar-refractivity contribution is 0.103. The van der Waals surface area contributed by atoms with Crippen LogP contribution in [-0.4, -0.2) is 36.4 Å². The van der Waals surface area contributed by atoms with Gasteiger partial charge < -0.3 is 30.6 Å². The molecule has 0 amide bonds. The summed E-state index contributed by atoms with van der Waals surface area (Å²) in [6.45, 7) is 0. The number of aromatic hydroxyl groups is 6. The van der Waals surface area contributed by atoms with Crippen LogP contribution in [0.1, 0.15) is 15.9 Å². The minimum Gasteiger partial charge on any atom is -0.504 e. The Labute approximate surface area is 112 Å². The molecule has 0 saturated carbocycles. The van der Waals surface area contributed by atoms with Crippen LogP contribution in [0.3, 0.4) is 0 Å². The maximum absolute atomic E-state index is 12.1. The predicted octanol–water partition coefficient (Wildman–Crippen LogP) is 1.15. The van der Waals surface area contributed by atoms with Gasteiger partial charge in [0.1, 0.15) is 5.56 Å². The highest BCUT2D eigenvalue weighted by Crippen LogP contribution is 2.43. The second-order valence-corrected chi connectivity index (χ2v) is 4.02. The first kappa shape index (κ1) is 13.3. The molecule has 0 saturated heterocycles. The van der Waals surface area contributed by atoms with Crippen molar-refractivity contribution in [1.29, 1.82) is 0 Å². The van der Waals surface area contributed by atoms with Gasteiger partial charge in [-0.05, 0) is 18.2 Å². The summed E-state index contributed by atoms with van der Waals surface area (Å²) >= 11 is 0. The topological polar surface area (TPSA) is 138 Å². The van der Waals surface area contributed by atoms with Gasteiger partial charge in [0.25, 0.3) is 0 Å². The summed E-state index contributed by atoms with van der Waals surface area (Å²) in [6, 6.07) is 3.77. The minimum absolute atomic E-state index is 0.170. The molecule has 2 aromatic rings. The highest BCUT2D eigenvalue weighted by molar-refractivity contribution is 6.13. The van der Waals surface area contributed by atoms with Crippen LogP contribution in [-0.2, 0) is 0 Å². The minimum atomic E-state index is -0.957. The smallest absolute Gasteiger partial charge is 0.200 e. The Morgan fingerprint density at radius 3 is 1.75 bits per heavy atom. The molecule has 0 atom stereocenters. The molecule has 0 heterocycles. The fraction of sp³-hybridized carbons (Fsp3) is 0. The molecular weight excluding hydrogens is 268 g/mol. The van der Waals surface area contributed by atoms with Crippen molar-refractivity contribution in [2.75, 3.05) is 0 Å². The molecule has 0 bridgehead atoms. The molecule has 0 aliphatic rings. The van der Waals surface area contributed by atoms with E-state index in [1.165, 1.54) is 0 Å². The summed E-state index contributed by atoms with van der Waals surface area (Å²) < 4.78 is 0. The van der Waals surface area contributed by atoms with Crippen molar-refractivity contribution in [2.24, 2.45) is 0 Å². The molecule has 0 unspecified atom stereocenters. The van der Waals surface area contributed by atoms with Gasteiger partial charge >= 0.3 is 0 Å². The second-order valence-electron chi connectivity index (χ2n) is 4.02. The van der Waals surface area contributed by atoms with Gasteiger partial charge in [0.05, 0.1) is 0 Å². The van der Waals surface area contributed by atoms with Crippen LogP contribution in [0.25, 0.3) is 0 Å². The fourth-order valence-electron chi connectivity index (χ4n) is 1.66. The number of carbonyl (C=O) groups excluding carboxylic acids is 1. The average Bonchev–Trinajstić information content (AvgIpc) is 2.40. The molecule has 0 aliphatic heterocycles. The first-order chi connectivity index (χ1) is 9.32. The number of phenols is 6. The lowest BCUT2D eigenvalue weighted by atomic mass is 10.00. The van der Waals surface area contributed by atoms with Crippen LogP contribution in [0.15, 0.2) is 24.3 Å². The Balaban J connectivity index is 2.62. The number of hydrogen-bond donors (Lipinski definition) is 6. The van der Waals surface area contributed by atoms with E-state index in [4.69, 9.17) is 5.11 Å². The molecule has 7 nitrogen and oxygen atoms in total. The van der Waals surface area contributed by atoms with E-state index in [-0.39, 0.29) is 5.56 Å². The van der Waals surface area contributed by atoms with Crippen LogP contribution in [0, 0.1) is 0 Å². The maximum atomic E-state index is 12.1. The summed E-state index contributed by atoms with van der Waals surface area (Å²) in [6.07, 6.45) is 0. The second kappa shape index (κ2) is 4.54. The van der Waals surface area contributed by atoms with Crippen molar-refractivity contribution >= 4 is 5.78 Å². The zero-order chi connectivity index (χ0) is 15.0. The Morgan fingerprint density at radius 1 is 0.700 bits per heavy atom. The van der Waals surface area contributed by atoms with Crippen LogP contribution in [0.4, 0.5) is 0 Å². The van der Waals surface area contributed by atoms with Gasteiger partial charge in [0, 0.05) is 11.6 Å². The van der Waals surface area contributed by atoms with Gasteiger partial charge in [-0.1, -0.05) is 0 Å². The summed E-state index contributed by atoms with van der Waals surface area (Å²) in [4.78, 5) is 12.1. The molecule has 0 spiro atoms. The van der Waals surface area contributed by atoms with Crippen molar-refractivity contribution in [1.82, 2.24) is 0 Å². The van der Waals surface area contributed by atoms with Gasteiger partial charge in [-0.2, -0.15) is 0 Å². The summed E-state index contributed by atoms with van der Waals surface area (Å²) in [7, 11) is 0. The zero-order valence-corrected chi connectivity index (χ0v) is 9.90. The van der Waals surface area contributed by atoms with Crippen molar-refractivity contribution in [3.8, 4) is 34.5 Å². The van der Waals surface area contributed by atoms with Crippen molar-refractivity contribution in [2.45, 2.75) is 0 Å². The van der Waals surface area contributed by atoms with Gasteiger partial charge in [-0.3, -0.25) is 4.79 Å². The van der Waals surface area contributed by atoms with E-state index in [1.54, 1.807) is 0 Å². The Morgan fingerprint density at radius 2 is 1.25 bits per heavy atom. The molecule has 0 aromatic heterocycles. The van der Waals surface area contributed by atoms with Crippen molar-refractivity contribution in [3.05, 3.63) is 35.4 Å². The van der Waals surface area contributed by atoms with E-state index in [1.807, 2.05) is 0 Å². The Bertz CT molecular complexity index is 680. The van der Waals surface area contributed by atoms with Gasteiger partial charge in [-0.25, -0.2) is 0 Å². The average molecular weight is 278 g/mol. The van der Waals surface area contributed by atoms with Crippen molar-refractivity contribution in [3.63, 3.8) is 0 Å². The first-order valence-electron chi connectivity index (χ1n) is 5.36. The highest BCUT2D eigenvalue weighted by Gasteiger charge is 2.24. The number of rotatable bonds is 2. The van der Waals surface area contributed by atoms with Crippen LogP contribution in [0.2, 0.25) is 0 Å². The summed E-state index contributed by atoms with van der Waals surface area (Å²) in [5.74, 6) is -5.36. The fourth-order valence-corrected chi connectivity index (χ4v) is 1.66. The van der Waals surface area contributed by atoms with E-state index >= 15 is 0 Å². The molecule has 2 aromatic carbocycles. The third-order valence-electron chi connectivity index (χ3n) is 2.70. The number of carbonyl (C=O) groups is 1. The molecule has 0 aliphatic carbocycles. The standard InChI is InChI=1S/C13H10O7/c14-6-2-1-5(3-7(6)15)11(18)10-12(19)8(16)4-9(17)13(10)20/h1-4,14-17,19-20H. The lowest BCUT2D eigenvalue weighted by Gasteiger charge is -2.10. The first-order valence-corrected chi connectivity index (χ1v) is 5.36. The van der Waals surface area contributed by atoms with Crippen LogP contribution < -0.4 is 0 Å². The Hall–Kier alpha value is -3.09. The van der Waals surface area contributed by atoms with E-state index < -0.39 is 45.8 Å². The molecular formula is C13H10O7. The van der Waals surface area contributed by atoms with Crippen LogP contribution in [0.5, 0.6) is 34.5 Å². The molecule has 2 rings (SSSR count). The largest absolute Gasteiger partial charge is 0.504 e. The summed E-state index contributed by atoms with van der Waals surface area (Å²) in [5, 5.41) is 56.4. The van der Waals surface area contributed by atoms with Gasteiger partial charge in [-0.15, -0.1) is 0 Å². The molecule has 20 heavy (non-hydrogen) atoms. The monoisotopic (exact) mass is 278 g/mol. The maximum Gasteiger partial charge on any atom is 0.200 e. The molecule has 7 heteroatoms. The highest BCUT2D eigenvalue weighted by atomic mass is 16.3. The molecule has 0 fully saturated rings. The van der Waals surface area contributed by atoms with E-state index in [0.29, 0.717) is 6.07 Å². The molecule has 104 valence electrons. The normalized spacial score (nSPS) is 10.4.